The SMILES string of the molecule is COc1ccc(F)c(NC(=O)N(CC(=O)O)CC2CC2)c1. The first kappa shape index (κ1) is 15.1. The number of methoxy groups -OCH3 is 1. The number of nitrogens with one attached hydrogen (secondary N) is 1. The number of carbonyl (C=O) groups is 2. The summed E-state index contributed by atoms with van der Waals surface area (Å²) < 4.78 is 18.6. The van der Waals surface area contributed by atoms with E-state index in [1.54, 1.807) is 0 Å². The topological polar surface area (TPSA) is 78.9 Å². The largest absolute Gasteiger partial charge is 0.497 e. The highest BCUT2D eigenvalue weighted by Gasteiger charge is 2.28. The Kier molecular flexibility index (Phi) is 4.62. The van der Waals surface area contributed by atoms with Gasteiger partial charge in [-0.05, 0) is 30.9 Å². The van der Waals surface area contributed by atoms with Crippen molar-refractivity contribution in [2.75, 3.05) is 25.5 Å². The summed E-state index contributed by atoms with van der Waals surface area (Å²) in [5.74, 6) is -0.966. The molecule has 0 spiro atoms. The number of anilines is 1. The summed E-state index contributed by atoms with van der Waals surface area (Å²) in [5, 5.41) is 11.2. The van der Waals surface area contributed by atoms with E-state index in [1.165, 1.54) is 30.2 Å². The third kappa shape index (κ3) is 4.34. The third-order valence-electron chi connectivity index (χ3n) is 3.20. The predicted octanol–water partition coefficient (Wildman–Crippen LogP) is 2.16. The molecule has 1 fully saturated rings. The second-order valence-electron chi connectivity index (χ2n) is 4.99. The summed E-state index contributed by atoms with van der Waals surface area (Å²) in [6.45, 7) is -0.0440. The number of aliphatic carboxylic acids is 1. The predicted molar refractivity (Wildman–Crippen MR) is 73.9 cm³/mol. The van der Waals surface area contributed by atoms with E-state index in [9.17, 15) is 14.0 Å². The number of benzene rings is 1. The van der Waals surface area contributed by atoms with Gasteiger partial charge in [0.25, 0.3) is 0 Å². The summed E-state index contributed by atoms with van der Waals surface area (Å²) >= 11 is 0. The minimum atomic E-state index is -1.10. The van der Waals surface area contributed by atoms with Gasteiger partial charge in [-0.15, -0.1) is 0 Å². The van der Waals surface area contributed by atoms with E-state index in [4.69, 9.17) is 9.84 Å². The van der Waals surface area contributed by atoms with Gasteiger partial charge in [-0.1, -0.05) is 0 Å². The summed E-state index contributed by atoms with van der Waals surface area (Å²) in [7, 11) is 1.43. The lowest BCUT2D eigenvalue weighted by atomic mass is 10.3. The third-order valence-corrected chi connectivity index (χ3v) is 3.20. The molecule has 1 aliphatic carbocycles. The molecule has 0 unspecified atom stereocenters. The van der Waals surface area contributed by atoms with E-state index in [2.05, 4.69) is 5.32 Å². The average Bonchev–Trinajstić information content (AvgIpc) is 3.24. The molecule has 2 amide bonds. The van der Waals surface area contributed by atoms with Gasteiger partial charge in [0, 0.05) is 12.6 Å². The average molecular weight is 296 g/mol. The highest BCUT2D eigenvalue weighted by Crippen LogP contribution is 2.30. The lowest BCUT2D eigenvalue weighted by Crippen LogP contribution is -2.40. The number of hydrogen-bond donors (Lipinski definition) is 2. The molecule has 7 heteroatoms. The quantitative estimate of drug-likeness (QED) is 0.843. The van der Waals surface area contributed by atoms with E-state index in [-0.39, 0.29) is 5.69 Å². The zero-order valence-electron chi connectivity index (χ0n) is 11.6. The Bertz CT molecular complexity index is 546. The molecule has 1 aliphatic rings. The second kappa shape index (κ2) is 6.43. The van der Waals surface area contributed by atoms with Crippen molar-refractivity contribution in [3.05, 3.63) is 24.0 Å². The minimum Gasteiger partial charge on any atom is -0.497 e. The number of ether oxygens (including phenoxy) is 1. The Balaban J connectivity index is 2.07. The van der Waals surface area contributed by atoms with Crippen molar-refractivity contribution in [3.8, 4) is 5.75 Å². The molecule has 0 bridgehead atoms. The van der Waals surface area contributed by atoms with Gasteiger partial charge < -0.3 is 20.1 Å². The highest BCUT2D eigenvalue weighted by atomic mass is 19.1. The maximum Gasteiger partial charge on any atom is 0.323 e. The van der Waals surface area contributed by atoms with Crippen LogP contribution in [-0.2, 0) is 4.79 Å². The van der Waals surface area contributed by atoms with Crippen molar-refractivity contribution in [1.82, 2.24) is 4.90 Å². The fourth-order valence-electron chi connectivity index (χ4n) is 1.92. The van der Waals surface area contributed by atoms with Crippen LogP contribution in [0.3, 0.4) is 0 Å². The normalized spacial score (nSPS) is 13.6. The van der Waals surface area contributed by atoms with Crippen LogP contribution in [0, 0.1) is 11.7 Å². The van der Waals surface area contributed by atoms with Crippen molar-refractivity contribution in [2.45, 2.75) is 12.8 Å². The number of carboxylic acids is 1. The van der Waals surface area contributed by atoms with Crippen LogP contribution in [-0.4, -0.2) is 42.2 Å². The van der Waals surface area contributed by atoms with Crippen LogP contribution in [0.1, 0.15) is 12.8 Å². The van der Waals surface area contributed by atoms with E-state index in [0.717, 1.165) is 12.8 Å². The van der Waals surface area contributed by atoms with Crippen molar-refractivity contribution >= 4 is 17.7 Å². The molecule has 0 radical (unpaired) electrons. The maximum absolute atomic E-state index is 13.7. The summed E-state index contributed by atoms with van der Waals surface area (Å²) in [6.07, 6.45) is 1.97. The summed E-state index contributed by atoms with van der Waals surface area (Å²) in [6, 6.07) is 3.33. The monoisotopic (exact) mass is 296 g/mol. The lowest BCUT2D eigenvalue weighted by Gasteiger charge is -2.21. The molecule has 1 aromatic carbocycles. The highest BCUT2D eigenvalue weighted by molar-refractivity contribution is 5.91. The zero-order valence-corrected chi connectivity index (χ0v) is 11.6. The molecule has 21 heavy (non-hydrogen) atoms. The van der Waals surface area contributed by atoms with Crippen molar-refractivity contribution in [1.29, 1.82) is 0 Å². The summed E-state index contributed by atoms with van der Waals surface area (Å²) in [4.78, 5) is 24.1. The van der Waals surface area contributed by atoms with Crippen LogP contribution in [0.15, 0.2) is 18.2 Å². The first-order chi connectivity index (χ1) is 9.99. The number of nitrogens with zero attached hydrogens (tertiary/aromatic N) is 1. The van der Waals surface area contributed by atoms with Crippen LogP contribution >= 0.6 is 0 Å². The fourth-order valence-corrected chi connectivity index (χ4v) is 1.92. The summed E-state index contributed by atoms with van der Waals surface area (Å²) in [5.41, 5.74) is -0.0365. The fraction of sp³-hybridized carbons (Fsp3) is 0.429. The van der Waals surface area contributed by atoms with Gasteiger partial charge in [0.2, 0.25) is 0 Å². The maximum atomic E-state index is 13.7. The van der Waals surface area contributed by atoms with Gasteiger partial charge in [-0.25, -0.2) is 9.18 Å². The molecule has 0 heterocycles. The van der Waals surface area contributed by atoms with Gasteiger partial charge in [-0.2, -0.15) is 0 Å². The van der Waals surface area contributed by atoms with E-state index in [1.807, 2.05) is 0 Å². The molecule has 1 aromatic rings. The van der Waals surface area contributed by atoms with Crippen molar-refractivity contribution < 1.29 is 23.8 Å². The minimum absolute atomic E-state index is 0.0365. The van der Waals surface area contributed by atoms with Crippen molar-refractivity contribution in [3.63, 3.8) is 0 Å². The van der Waals surface area contributed by atoms with Gasteiger partial charge in [0.05, 0.1) is 12.8 Å². The number of carbonyl (C=O) groups excluding carboxylic acids is 1. The number of rotatable bonds is 6. The molecular weight excluding hydrogens is 279 g/mol. The number of urea groups is 1. The molecule has 0 saturated heterocycles. The molecule has 1 saturated carbocycles. The van der Waals surface area contributed by atoms with Gasteiger partial charge in [0.15, 0.2) is 0 Å². The van der Waals surface area contributed by atoms with Crippen LogP contribution in [0.2, 0.25) is 0 Å². The molecule has 2 rings (SSSR count). The number of hydrogen-bond acceptors (Lipinski definition) is 3. The van der Waals surface area contributed by atoms with Crippen LogP contribution in [0.5, 0.6) is 5.75 Å². The Morgan fingerprint density at radius 3 is 2.76 bits per heavy atom. The Labute approximate surface area is 121 Å². The number of halogens is 1. The molecule has 2 N–H and O–H groups in total. The molecule has 0 atom stereocenters. The first-order valence-corrected chi connectivity index (χ1v) is 6.61. The smallest absolute Gasteiger partial charge is 0.323 e. The Morgan fingerprint density at radius 2 is 2.19 bits per heavy atom. The van der Waals surface area contributed by atoms with Gasteiger partial charge >= 0.3 is 12.0 Å². The number of carboxylic acid groups (broad SMARTS) is 1. The molecule has 114 valence electrons. The lowest BCUT2D eigenvalue weighted by molar-refractivity contribution is -0.137. The molecular formula is C14H17FN2O4. The molecule has 0 aliphatic heterocycles. The molecule has 0 aromatic heterocycles. The second-order valence-corrected chi connectivity index (χ2v) is 4.99. The van der Waals surface area contributed by atoms with Crippen molar-refractivity contribution in [2.24, 2.45) is 5.92 Å². The van der Waals surface area contributed by atoms with E-state index >= 15 is 0 Å². The van der Waals surface area contributed by atoms with Gasteiger partial charge in [0.1, 0.15) is 18.1 Å². The Morgan fingerprint density at radius 1 is 1.48 bits per heavy atom. The Hall–Kier alpha value is -2.31. The van der Waals surface area contributed by atoms with Gasteiger partial charge in [-0.3, -0.25) is 4.79 Å². The van der Waals surface area contributed by atoms with Crippen LogP contribution in [0.4, 0.5) is 14.9 Å². The number of amides is 2. The first-order valence-electron chi connectivity index (χ1n) is 6.61. The molecule has 6 nitrogen and oxygen atoms in total. The van der Waals surface area contributed by atoms with E-state index < -0.39 is 24.4 Å². The standard InChI is InChI=1S/C14H17FN2O4/c1-21-10-4-5-11(15)12(6-10)16-14(20)17(8-13(18)19)7-9-2-3-9/h4-6,9H,2-3,7-8H2,1H3,(H,16,20)(H,18,19). The van der Waals surface area contributed by atoms with Crippen LogP contribution < -0.4 is 10.1 Å². The van der Waals surface area contributed by atoms with Crippen LogP contribution in [0.25, 0.3) is 0 Å². The zero-order chi connectivity index (χ0) is 15.4. The van der Waals surface area contributed by atoms with E-state index in [0.29, 0.717) is 18.2 Å².